The molecule has 0 unspecified atom stereocenters. The van der Waals surface area contributed by atoms with Crippen LogP contribution < -0.4 is 5.32 Å². The first-order valence-corrected chi connectivity index (χ1v) is 13.4. The Morgan fingerprint density at radius 1 is 0.972 bits per heavy atom. The maximum Gasteiger partial charge on any atom is 0.241 e. The number of likely N-dealkylation sites (tertiary alicyclic amines) is 1. The summed E-state index contributed by atoms with van der Waals surface area (Å²) in [5, 5.41) is 7.27. The fourth-order valence-corrected chi connectivity index (χ4v) is 5.03. The minimum Gasteiger partial charge on any atom is -0.379 e. The molecule has 2 fully saturated rings. The maximum absolute atomic E-state index is 12.8. The van der Waals surface area contributed by atoms with Crippen molar-refractivity contribution in [2.24, 2.45) is 5.92 Å². The van der Waals surface area contributed by atoms with E-state index in [1.165, 1.54) is 5.56 Å². The minimum absolute atomic E-state index is 0.0406. The summed E-state index contributed by atoms with van der Waals surface area (Å²) < 4.78 is 11.9. The van der Waals surface area contributed by atoms with Gasteiger partial charge in [0.1, 0.15) is 0 Å². The summed E-state index contributed by atoms with van der Waals surface area (Å²) in [6, 6.07) is 16.4. The van der Waals surface area contributed by atoms with E-state index in [4.69, 9.17) is 9.26 Å². The number of nitrogens with zero attached hydrogens (tertiary/aromatic N) is 4. The van der Waals surface area contributed by atoms with Crippen LogP contribution in [0.15, 0.2) is 57.5 Å². The number of halogens is 1. The number of ether oxygens (including phenoxy) is 1. The van der Waals surface area contributed by atoms with E-state index in [0.717, 1.165) is 74.4 Å². The summed E-state index contributed by atoms with van der Waals surface area (Å²) in [4.78, 5) is 22.1. The number of nitrogens with one attached hydrogen (secondary N) is 1. The van der Waals surface area contributed by atoms with Crippen LogP contribution in [0.4, 0.5) is 0 Å². The largest absolute Gasteiger partial charge is 0.379 e. The van der Waals surface area contributed by atoms with E-state index in [-0.39, 0.29) is 11.8 Å². The summed E-state index contributed by atoms with van der Waals surface area (Å²) >= 11 is 3.44. The van der Waals surface area contributed by atoms with Crippen LogP contribution in [0.3, 0.4) is 0 Å². The lowest BCUT2D eigenvalue weighted by molar-refractivity contribution is -0.126. The molecule has 0 atom stereocenters. The Labute approximate surface area is 220 Å². The van der Waals surface area contributed by atoms with E-state index in [2.05, 4.69) is 65.5 Å². The van der Waals surface area contributed by atoms with E-state index in [1.54, 1.807) is 0 Å². The van der Waals surface area contributed by atoms with Crippen molar-refractivity contribution in [2.45, 2.75) is 32.5 Å². The molecular formula is C27H32BrN5O3. The number of carbonyl (C=O) groups excluding carboxylic acids is 1. The minimum atomic E-state index is 0.0406. The zero-order valence-electron chi connectivity index (χ0n) is 20.4. The summed E-state index contributed by atoms with van der Waals surface area (Å²) in [6.07, 6.45) is 1.66. The quantitative estimate of drug-likeness (QED) is 0.453. The molecule has 2 aliphatic rings. The zero-order valence-corrected chi connectivity index (χ0v) is 22.0. The van der Waals surface area contributed by atoms with Crippen molar-refractivity contribution in [1.82, 2.24) is 25.3 Å². The van der Waals surface area contributed by atoms with Gasteiger partial charge in [-0.05, 0) is 61.3 Å². The van der Waals surface area contributed by atoms with Crippen LogP contribution in [-0.2, 0) is 29.2 Å². The summed E-state index contributed by atoms with van der Waals surface area (Å²) in [5.41, 5.74) is 3.35. The molecule has 0 saturated carbocycles. The zero-order chi connectivity index (χ0) is 24.7. The van der Waals surface area contributed by atoms with Gasteiger partial charge in [0.15, 0.2) is 0 Å². The van der Waals surface area contributed by atoms with E-state index in [0.29, 0.717) is 24.8 Å². The van der Waals surface area contributed by atoms with Crippen LogP contribution in [0.25, 0.3) is 11.4 Å². The molecule has 1 N–H and O–H groups in total. The van der Waals surface area contributed by atoms with Gasteiger partial charge in [-0.2, -0.15) is 4.98 Å². The smallest absolute Gasteiger partial charge is 0.241 e. The molecule has 9 heteroatoms. The Balaban J connectivity index is 1.06. The lowest BCUT2D eigenvalue weighted by Crippen LogP contribution is -2.40. The fourth-order valence-electron chi connectivity index (χ4n) is 4.77. The molecule has 8 nitrogen and oxygen atoms in total. The van der Waals surface area contributed by atoms with Crippen LogP contribution in [0.1, 0.15) is 29.9 Å². The first-order chi connectivity index (χ1) is 17.6. The SMILES string of the molecule is O=C(NCc1cccc(CN2CCOCC2)c1)C1CCN(Cc2nc(-c3ccc(Br)cc3)no2)CC1. The number of aromatic nitrogens is 2. The number of carbonyl (C=O) groups is 1. The molecule has 1 amide bonds. The molecule has 3 aromatic rings. The van der Waals surface area contributed by atoms with Gasteiger partial charge in [0.05, 0.1) is 19.8 Å². The standard InChI is InChI=1S/C27H32BrN5O3/c28-24-6-4-22(5-7-24)26-30-25(36-31-26)19-32-10-8-23(9-11-32)27(34)29-17-20-2-1-3-21(16-20)18-33-12-14-35-15-13-33/h1-7,16,23H,8-15,17-19H2,(H,29,34). The average molecular weight is 554 g/mol. The highest BCUT2D eigenvalue weighted by Gasteiger charge is 2.26. The monoisotopic (exact) mass is 553 g/mol. The van der Waals surface area contributed by atoms with Crippen molar-refractivity contribution >= 4 is 21.8 Å². The van der Waals surface area contributed by atoms with Gasteiger partial charge >= 0.3 is 0 Å². The summed E-state index contributed by atoms with van der Waals surface area (Å²) in [7, 11) is 0. The van der Waals surface area contributed by atoms with Crippen molar-refractivity contribution in [3.05, 3.63) is 70.0 Å². The third-order valence-electron chi connectivity index (χ3n) is 6.86. The van der Waals surface area contributed by atoms with E-state index in [1.807, 2.05) is 24.3 Å². The third kappa shape index (κ3) is 6.79. The molecule has 5 rings (SSSR count). The third-order valence-corrected chi connectivity index (χ3v) is 7.38. The number of benzene rings is 2. The van der Waals surface area contributed by atoms with Crippen molar-refractivity contribution in [3.8, 4) is 11.4 Å². The van der Waals surface area contributed by atoms with Gasteiger partial charge in [0, 0.05) is 42.1 Å². The van der Waals surface area contributed by atoms with Gasteiger partial charge < -0.3 is 14.6 Å². The molecule has 190 valence electrons. The molecule has 2 aliphatic heterocycles. The lowest BCUT2D eigenvalue weighted by atomic mass is 9.96. The van der Waals surface area contributed by atoms with Crippen LogP contribution in [0, 0.1) is 5.92 Å². The predicted octanol–water partition coefficient (Wildman–Crippen LogP) is 3.86. The van der Waals surface area contributed by atoms with Gasteiger partial charge in [0.2, 0.25) is 17.6 Å². The number of rotatable bonds is 8. The fraction of sp³-hybridized carbons (Fsp3) is 0.444. The second-order valence-electron chi connectivity index (χ2n) is 9.50. The summed E-state index contributed by atoms with van der Waals surface area (Å²) in [6.45, 7) is 7.31. The molecule has 1 aromatic heterocycles. The molecule has 3 heterocycles. The first kappa shape index (κ1) is 25.1. The molecule has 2 saturated heterocycles. The average Bonchev–Trinajstić information content (AvgIpc) is 3.37. The van der Waals surface area contributed by atoms with Gasteiger partial charge in [-0.1, -0.05) is 45.4 Å². The van der Waals surface area contributed by atoms with Crippen LogP contribution >= 0.6 is 15.9 Å². The first-order valence-electron chi connectivity index (χ1n) is 12.6. The van der Waals surface area contributed by atoms with Crippen molar-refractivity contribution in [3.63, 3.8) is 0 Å². The second-order valence-corrected chi connectivity index (χ2v) is 10.4. The van der Waals surface area contributed by atoms with E-state index in [9.17, 15) is 4.79 Å². The molecule has 0 radical (unpaired) electrons. The highest BCUT2D eigenvalue weighted by atomic mass is 79.9. The predicted molar refractivity (Wildman–Crippen MR) is 140 cm³/mol. The number of hydrogen-bond acceptors (Lipinski definition) is 7. The summed E-state index contributed by atoms with van der Waals surface area (Å²) in [5.74, 6) is 1.39. The normalized spacial score (nSPS) is 17.8. The van der Waals surface area contributed by atoms with Gasteiger partial charge in [-0.15, -0.1) is 0 Å². The lowest BCUT2D eigenvalue weighted by Gasteiger charge is -2.30. The van der Waals surface area contributed by atoms with Crippen LogP contribution in [0.5, 0.6) is 0 Å². The molecule has 0 spiro atoms. The highest BCUT2D eigenvalue weighted by molar-refractivity contribution is 9.10. The van der Waals surface area contributed by atoms with E-state index < -0.39 is 0 Å². The molecule has 0 aliphatic carbocycles. The Morgan fingerprint density at radius 3 is 2.47 bits per heavy atom. The van der Waals surface area contributed by atoms with Crippen LogP contribution in [-0.4, -0.2) is 65.2 Å². The molecule has 0 bridgehead atoms. The van der Waals surface area contributed by atoms with Crippen molar-refractivity contribution in [1.29, 1.82) is 0 Å². The number of morpholine rings is 1. The van der Waals surface area contributed by atoms with Crippen molar-refractivity contribution in [2.75, 3.05) is 39.4 Å². The highest BCUT2D eigenvalue weighted by Crippen LogP contribution is 2.22. The molecule has 36 heavy (non-hydrogen) atoms. The second kappa shape index (κ2) is 12.1. The molecular weight excluding hydrogens is 522 g/mol. The number of piperidine rings is 1. The van der Waals surface area contributed by atoms with Crippen LogP contribution in [0.2, 0.25) is 0 Å². The number of hydrogen-bond donors (Lipinski definition) is 1. The van der Waals surface area contributed by atoms with Gasteiger partial charge in [0.25, 0.3) is 0 Å². The van der Waals surface area contributed by atoms with Gasteiger partial charge in [-0.3, -0.25) is 14.6 Å². The van der Waals surface area contributed by atoms with E-state index >= 15 is 0 Å². The molecule has 2 aromatic carbocycles. The number of amides is 1. The van der Waals surface area contributed by atoms with Gasteiger partial charge in [-0.25, -0.2) is 0 Å². The Kier molecular flexibility index (Phi) is 8.43. The van der Waals surface area contributed by atoms with Crippen molar-refractivity contribution < 1.29 is 14.1 Å². The Hall–Kier alpha value is -2.59. The Morgan fingerprint density at radius 2 is 1.69 bits per heavy atom. The maximum atomic E-state index is 12.8. The topological polar surface area (TPSA) is 83.7 Å². The Bertz CT molecular complexity index is 1140.